The molecule has 3 aromatic rings. The molecule has 3 aromatic carbocycles. The Hall–Kier alpha value is -7.47. The molecule has 0 aromatic heterocycles. The number of benzene rings is 3. The number of β-lactam (4-membered cyclic amide) rings is 1. The molecule has 6 atom stereocenters. The number of thioether (sulfide) groups is 1. The molecule has 0 aliphatic carbocycles. The number of non-ortho nitro benzene ring substituents is 3. The minimum absolute atomic E-state index is 0.0193. The van der Waals surface area contributed by atoms with Gasteiger partial charge in [0.25, 0.3) is 17.1 Å². The highest BCUT2D eigenvalue weighted by molar-refractivity contribution is 8.03. The Kier molecular flexibility index (Phi) is 15.0. The molecule has 23 nitrogen and oxygen atoms in total. The Morgan fingerprint density at radius 3 is 1.85 bits per heavy atom. The number of rotatable bonds is 15. The van der Waals surface area contributed by atoms with E-state index in [0.29, 0.717) is 41.1 Å². The smallest absolute Gasteiger partial charge is 0.435 e. The van der Waals surface area contributed by atoms with Crippen LogP contribution in [0.5, 0.6) is 0 Å². The first-order chi connectivity index (χ1) is 32.5. The molecule has 4 amide bonds. The summed E-state index contributed by atoms with van der Waals surface area (Å²) in [6.45, 7) is 3.79. The summed E-state index contributed by atoms with van der Waals surface area (Å²) < 4.78 is 16.5. The summed E-state index contributed by atoms with van der Waals surface area (Å²) in [6, 6.07) is 14.8. The van der Waals surface area contributed by atoms with Gasteiger partial charge in [-0.05, 0) is 72.9 Å². The fourth-order valence-electron chi connectivity index (χ4n) is 8.55. The third kappa shape index (κ3) is 10.9. The zero-order valence-corrected chi connectivity index (χ0v) is 37.5. The summed E-state index contributed by atoms with van der Waals surface area (Å²) >= 11 is 1.22. The average molecular weight is 959 g/mol. The van der Waals surface area contributed by atoms with Crippen LogP contribution < -0.4 is 0 Å². The topological polar surface area (TPSA) is 288 Å². The molecular formula is C44H46N8O15S. The van der Waals surface area contributed by atoms with Crippen molar-refractivity contribution >= 4 is 65.1 Å². The summed E-state index contributed by atoms with van der Waals surface area (Å²) in [6.07, 6.45) is -0.848. The Morgan fingerprint density at radius 2 is 1.32 bits per heavy atom. The van der Waals surface area contributed by atoms with Crippen LogP contribution >= 0.6 is 11.8 Å². The fourth-order valence-corrected chi connectivity index (χ4v) is 10.1. The second kappa shape index (κ2) is 21.0. The van der Waals surface area contributed by atoms with E-state index in [1.807, 2.05) is 6.92 Å². The third-order valence-electron chi connectivity index (χ3n) is 12.1. The van der Waals surface area contributed by atoms with Gasteiger partial charge in [-0.2, -0.15) is 4.99 Å². The Bertz CT molecular complexity index is 2520. The van der Waals surface area contributed by atoms with Crippen molar-refractivity contribution in [1.29, 1.82) is 0 Å². The van der Waals surface area contributed by atoms with Gasteiger partial charge >= 0.3 is 18.2 Å². The van der Waals surface area contributed by atoms with Crippen molar-refractivity contribution in [3.05, 3.63) is 130 Å². The second-order valence-corrected chi connectivity index (χ2v) is 17.9. The number of hydrogen-bond acceptors (Lipinski definition) is 16. The number of esters is 1. The normalized spacial score (nSPS) is 21.8. The van der Waals surface area contributed by atoms with Crippen molar-refractivity contribution in [3.63, 3.8) is 0 Å². The maximum Gasteiger partial charge on any atom is 0.435 e. The first-order valence-electron chi connectivity index (χ1n) is 21.5. The number of likely N-dealkylation sites (tertiary alicyclic amines) is 1. The lowest BCUT2D eigenvalue weighted by Crippen LogP contribution is -2.63. The number of aliphatic imine (C=N–C) groups is 1. The molecule has 0 spiro atoms. The molecular weight excluding hydrogens is 913 g/mol. The second-order valence-electron chi connectivity index (χ2n) is 16.5. The largest absolute Gasteiger partial charge is 0.456 e. The lowest BCUT2D eigenvalue weighted by Gasteiger charge is -2.46. The standard InChI is InChI=1S/C44H46N8O15S/c1-26-37-36(27(2)53)41(55)49(37)38(42(56)65-22-28-4-10-31(11-5-28)50(59)60)39(26)68-34-20-35(48(21-34)44(58)67-24-30-8-14-33(15-9-30)52(63)64)40(54)47-17-3-16-46(18-19-47)25-45-43(57)66-23-29-6-12-32(13-7-29)51(61)62/h4-15,25-27,34-37,53H,3,16-24H2,1-2H3/t26-,27-,34+,35+,36-,37-/m1/s1. The van der Waals surface area contributed by atoms with Crippen molar-refractivity contribution in [1.82, 2.24) is 19.6 Å². The molecule has 0 unspecified atom stereocenters. The number of aliphatic hydroxyl groups is 1. The van der Waals surface area contributed by atoms with E-state index in [4.69, 9.17) is 14.2 Å². The predicted octanol–water partition coefficient (Wildman–Crippen LogP) is 4.94. The molecule has 0 bridgehead atoms. The summed E-state index contributed by atoms with van der Waals surface area (Å²) in [7, 11) is 0. The molecule has 4 heterocycles. The molecule has 7 rings (SSSR count). The molecule has 0 radical (unpaired) electrons. The Morgan fingerprint density at radius 1 is 0.794 bits per heavy atom. The van der Waals surface area contributed by atoms with Crippen LogP contribution in [-0.2, 0) is 48.4 Å². The average Bonchev–Trinajstić information content (AvgIpc) is 3.74. The van der Waals surface area contributed by atoms with Gasteiger partial charge in [0.05, 0.1) is 39.2 Å². The van der Waals surface area contributed by atoms with Gasteiger partial charge in [0.15, 0.2) is 0 Å². The van der Waals surface area contributed by atoms with E-state index in [0.717, 1.165) is 0 Å². The van der Waals surface area contributed by atoms with Crippen molar-refractivity contribution in [2.24, 2.45) is 16.8 Å². The molecule has 3 saturated heterocycles. The van der Waals surface area contributed by atoms with Crippen molar-refractivity contribution in [2.75, 3.05) is 32.7 Å². The molecule has 3 fully saturated rings. The minimum atomic E-state index is -1.04. The number of ether oxygens (including phenoxy) is 3. The van der Waals surface area contributed by atoms with Gasteiger partial charge in [-0.3, -0.25) is 44.8 Å². The van der Waals surface area contributed by atoms with Gasteiger partial charge in [-0.1, -0.05) is 6.92 Å². The Balaban J connectivity index is 1.06. The highest BCUT2D eigenvalue weighted by atomic mass is 32.2. The van der Waals surface area contributed by atoms with Crippen LogP contribution in [0, 0.1) is 42.2 Å². The molecule has 4 aliphatic heterocycles. The highest BCUT2D eigenvalue weighted by Crippen LogP contribution is 2.52. The van der Waals surface area contributed by atoms with E-state index in [1.54, 1.807) is 9.80 Å². The van der Waals surface area contributed by atoms with Gasteiger partial charge in [0.1, 0.15) is 31.6 Å². The monoisotopic (exact) mass is 958 g/mol. The van der Waals surface area contributed by atoms with Crippen molar-refractivity contribution < 1.29 is 58.1 Å². The number of nitro groups is 3. The summed E-state index contributed by atoms with van der Waals surface area (Å²) in [4.78, 5) is 110. The number of aliphatic hydroxyl groups excluding tert-OH is 1. The van der Waals surface area contributed by atoms with Gasteiger partial charge in [-0.25, -0.2) is 14.4 Å². The lowest BCUT2D eigenvalue weighted by molar-refractivity contribution is -0.385. The zero-order chi connectivity index (χ0) is 48.8. The molecule has 0 saturated carbocycles. The van der Waals surface area contributed by atoms with E-state index in [9.17, 15) is 59.4 Å². The van der Waals surface area contributed by atoms with E-state index in [-0.39, 0.29) is 74.5 Å². The molecule has 4 aliphatic rings. The summed E-state index contributed by atoms with van der Waals surface area (Å²) in [5, 5.41) is 43.3. The van der Waals surface area contributed by atoms with Gasteiger partial charge < -0.3 is 34.0 Å². The first-order valence-corrected chi connectivity index (χ1v) is 22.3. The maximum atomic E-state index is 14.5. The number of nitrogens with zero attached hydrogens (tertiary/aromatic N) is 8. The fraction of sp³-hybridized carbons (Fsp3) is 0.409. The molecule has 24 heteroatoms. The van der Waals surface area contributed by atoms with Crippen LogP contribution in [-0.4, -0.2) is 132 Å². The first kappa shape index (κ1) is 48.5. The van der Waals surface area contributed by atoms with Crippen LogP contribution in [0.25, 0.3) is 0 Å². The van der Waals surface area contributed by atoms with Crippen LogP contribution in [0.15, 0.2) is 88.4 Å². The van der Waals surface area contributed by atoms with Crippen LogP contribution in [0.1, 0.15) is 43.4 Å². The molecule has 68 heavy (non-hydrogen) atoms. The number of nitro benzene ring substituents is 3. The highest BCUT2D eigenvalue weighted by Gasteiger charge is 2.61. The number of fused-ring (bicyclic) bond motifs is 1. The SMILES string of the molecule is C[C@@H](O)[C@H]1C(=O)N2C(C(=O)OCc3ccc([N+](=O)[O-])cc3)=C(S[C@H]3C[C@@H](C(=O)N4CCCN(C=NC(=O)OCc5ccc([N+](=O)[O-])cc5)CC4)N(C(=O)OCc4ccc([N+](=O)[O-])cc4)C3)[C@H](C)[C@H]12. The van der Waals surface area contributed by atoms with Crippen LogP contribution in [0.2, 0.25) is 0 Å². The minimum Gasteiger partial charge on any atom is -0.456 e. The molecule has 1 N–H and O–H groups in total. The van der Waals surface area contributed by atoms with Gasteiger partial charge in [0.2, 0.25) is 11.8 Å². The van der Waals surface area contributed by atoms with E-state index < -0.39 is 74.1 Å². The van der Waals surface area contributed by atoms with Crippen LogP contribution in [0.4, 0.5) is 26.7 Å². The van der Waals surface area contributed by atoms with Crippen molar-refractivity contribution in [3.8, 4) is 0 Å². The number of carbonyl (C=O) groups excluding carboxylic acids is 5. The number of carbonyl (C=O) groups is 5. The molecule has 358 valence electrons. The van der Waals surface area contributed by atoms with Gasteiger partial charge in [0, 0.05) is 85.2 Å². The predicted molar refractivity (Wildman–Crippen MR) is 239 cm³/mol. The van der Waals surface area contributed by atoms with Crippen LogP contribution in [0.3, 0.4) is 0 Å². The lowest BCUT2D eigenvalue weighted by atomic mass is 9.79. The maximum absolute atomic E-state index is 14.5. The quantitative estimate of drug-likeness (QED) is 0.0401. The van der Waals surface area contributed by atoms with Gasteiger partial charge in [-0.15, -0.1) is 11.8 Å². The van der Waals surface area contributed by atoms with E-state index in [1.165, 1.54) is 108 Å². The summed E-state index contributed by atoms with van der Waals surface area (Å²) in [5.41, 5.74) is 1.02. The third-order valence-corrected chi connectivity index (χ3v) is 13.6. The Labute approximate surface area is 391 Å². The van der Waals surface area contributed by atoms with Crippen molar-refractivity contribution in [2.45, 2.75) is 69.9 Å². The number of hydrogen-bond donors (Lipinski definition) is 1. The van der Waals surface area contributed by atoms with E-state index >= 15 is 0 Å². The number of amides is 4. The summed E-state index contributed by atoms with van der Waals surface area (Å²) in [5.74, 6) is -2.95. The zero-order valence-electron chi connectivity index (χ0n) is 36.7. The van der Waals surface area contributed by atoms with E-state index in [2.05, 4.69) is 4.99 Å².